The van der Waals surface area contributed by atoms with Crippen LogP contribution in [0.4, 0.5) is 4.79 Å². The smallest absolute Gasteiger partial charge is 0.407 e. The summed E-state index contributed by atoms with van der Waals surface area (Å²) in [4.78, 5) is 50.1. The van der Waals surface area contributed by atoms with Crippen LogP contribution < -0.4 is 16.0 Å². The molecule has 0 spiro atoms. The molecule has 13 nitrogen and oxygen atoms in total. The number of hydrogen-bond donors (Lipinski definition) is 4. The third-order valence-electron chi connectivity index (χ3n) is 7.59. The Hall–Kier alpha value is -4.04. The van der Waals surface area contributed by atoms with Gasteiger partial charge in [0.1, 0.15) is 18.7 Å². The number of carboxylic acids is 1. The van der Waals surface area contributed by atoms with Crippen molar-refractivity contribution in [2.45, 2.75) is 44.7 Å². The van der Waals surface area contributed by atoms with Gasteiger partial charge in [-0.05, 0) is 34.6 Å². The maximum atomic E-state index is 13.1. The standard InChI is InChI=1S/C34H47N3O10/c1-23(2)31(37-34(42)47-22-28-26-10-6-4-8-24(26)25-9-5-7-11-27(25)28)32(39)36-29(33(40)41)12-13-30(38)35-14-15-44-18-19-46-21-20-45-17-16-43-3/h4-11,23,28-29,31H,12-22H2,1-3H3,(H,35,38)(H,36,39)(H,37,42)(H,40,41)/t29-,31-/m0/s1. The fourth-order valence-electron chi connectivity index (χ4n) is 5.13. The summed E-state index contributed by atoms with van der Waals surface area (Å²) in [5.41, 5.74) is 4.30. The lowest BCUT2D eigenvalue weighted by Crippen LogP contribution is -2.54. The minimum absolute atomic E-state index is 0.0725. The van der Waals surface area contributed by atoms with Gasteiger partial charge in [0.05, 0.1) is 46.2 Å². The van der Waals surface area contributed by atoms with Gasteiger partial charge in [-0.25, -0.2) is 9.59 Å². The van der Waals surface area contributed by atoms with E-state index >= 15 is 0 Å². The maximum absolute atomic E-state index is 13.1. The van der Waals surface area contributed by atoms with E-state index in [0.717, 1.165) is 22.3 Å². The van der Waals surface area contributed by atoms with Crippen LogP contribution in [0, 0.1) is 5.92 Å². The molecule has 2 aromatic carbocycles. The predicted octanol–water partition coefficient (Wildman–Crippen LogP) is 2.71. The minimum Gasteiger partial charge on any atom is -0.480 e. The second-order valence-corrected chi connectivity index (χ2v) is 11.3. The Labute approximate surface area is 275 Å². The average Bonchev–Trinajstić information content (AvgIpc) is 3.38. The van der Waals surface area contributed by atoms with Crippen molar-refractivity contribution >= 4 is 23.9 Å². The van der Waals surface area contributed by atoms with Crippen LogP contribution in [-0.2, 0) is 38.1 Å². The van der Waals surface area contributed by atoms with Crippen molar-refractivity contribution in [1.82, 2.24) is 16.0 Å². The zero-order valence-corrected chi connectivity index (χ0v) is 27.3. The summed E-state index contributed by atoms with van der Waals surface area (Å²) in [7, 11) is 1.60. The molecule has 0 radical (unpaired) electrons. The Bertz CT molecular complexity index is 1260. The molecule has 47 heavy (non-hydrogen) atoms. The van der Waals surface area contributed by atoms with Gasteiger partial charge in [0.25, 0.3) is 0 Å². The summed E-state index contributed by atoms with van der Waals surface area (Å²) >= 11 is 0. The average molecular weight is 658 g/mol. The lowest BCUT2D eigenvalue weighted by molar-refractivity contribution is -0.142. The topological polar surface area (TPSA) is 171 Å². The molecule has 3 rings (SSSR count). The van der Waals surface area contributed by atoms with Crippen molar-refractivity contribution in [3.05, 3.63) is 59.7 Å². The largest absolute Gasteiger partial charge is 0.480 e. The van der Waals surface area contributed by atoms with E-state index in [-0.39, 0.29) is 50.3 Å². The Balaban J connectivity index is 1.37. The molecule has 1 aliphatic rings. The zero-order chi connectivity index (χ0) is 34.0. The molecule has 0 saturated carbocycles. The molecule has 2 aromatic rings. The Morgan fingerprint density at radius 3 is 1.89 bits per heavy atom. The first-order valence-corrected chi connectivity index (χ1v) is 15.9. The van der Waals surface area contributed by atoms with E-state index < -0.39 is 30.1 Å². The lowest BCUT2D eigenvalue weighted by Gasteiger charge is -2.24. The zero-order valence-electron chi connectivity index (χ0n) is 27.3. The SMILES string of the molecule is COCCOCCOCCOCCNC(=O)CC[C@H](NC(=O)[C@@H](NC(=O)OCC1c2ccccc2-c2ccccc21)C(C)C)C(=O)O. The third-order valence-corrected chi connectivity index (χ3v) is 7.59. The van der Waals surface area contributed by atoms with Gasteiger partial charge in [-0.15, -0.1) is 0 Å². The maximum Gasteiger partial charge on any atom is 0.407 e. The Morgan fingerprint density at radius 2 is 1.34 bits per heavy atom. The first-order valence-electron chi connectivity index (χ1n) is 15.9. The summed E-state index contributed by atoms with van der Waals surface area (Å²) in [5.74, 6) is -2.87. The molecule has 0 unspecified atom stereocenters. The highest BCUT2D eigenvalue weighted by atomic mass is 16.6. The number of aliphatic carboxylic acids is 1. The molecule has 3 amide bonds. The van der Waals surface area contributed by atoms with Gasteiger partial charge < -0.3 is 44.7 Å². The highest BCUT2D eigenvalue weighted by Crippen LogP contribution is 2.44. The van der Waals surface area contributed by atoms with E-state index in [4.69, 9.17) is 23.7 Å². The van der Waals surface area contributed by atoms with Crippen molar-refractivity contribution in [3.8, 4) is 11.1 Å². The lowest BCUT2D eigenvalue weighted by atomic mass is 9.98. The molecule has 0 bridgehead atoms. The first-order chi connectivity index (χ1) is 22.7. The molecule has 1 aliphatic carbocycles. The van der Waals surface area contributed by atoms with Gasteiger partial charge in [-0.1, -0.05) is 62.4 Å². The number of carbonyl (C=O) groups is 4. The molecule has 0 fully saturated rings. The van der Waals surface area contributed by atoms with Gasteiger partial charge >= 0.3 is 12.1 Å². The molecule has 13 heteroatoms. The van der Waals surface area contributed by atoms with Gasteiger partial charge in [-0.2, -0.15) is 0 Å². The summed E-state index contributed by atoms with van der Waals surface area (Å²) < 4.78 is 26.5. The van der Waals surface area contributed by atoms with E-state index in [2.05, 4.69) is 16.0 Å². The second-order valence-electron chi connectivity index (χ2n) is 11.3. The molecular formula is C34H47N3O10. The minimum atomic E-state index is -1.33. The normalized spacial score (nSPS) is 13.4. The summed E-state index contributed by atoms with van der Waals surface area (Å²) in [5, 5.41) is 17.4. The number of rotatable bonds is 22. The van der Waals surface area contributed by atoms with Crippen LogP contribution in [0.2, 0.25) is 0 Å². The number of fused-ring (bicyclic) bond motifs is 3. The van der Waals surface area contributed by atoms with Crippen LogP contribution in [0.5, 0.6) is 0 Å². The van der Waals surface area contributed by atoms with Crippen molar-refractivity contribution in [3.63, 3.8) is 0 Å². The fourth-order valence-corrected chi connectivity index (χ4v) is 5.13. The number of ether oxygens (including phenoxy) is 5. The van der Waals surface area contributed by atoms with Crippen LogP contribution in [0.3, 0.4) is 0 Å². The van der Waals surface area contributed by atoms with Gasteiger partial charge in [0.15, 0.2) is 0 Å². The molecule has 4 N–H and O–H groups in total. The van der Waals surface area contributed by atoms with Crippen LogP contribution >= 0.6 is 0 Å². The number of alkyl carbamates (subject to hydrolysis) is 1. The monoisotopic (exact) mass is 657 g/mol. The molecule has 2 atom stereocenters. The Morgan fingerprint density at radius 1 is 0.787 bits per heavy atom. The van der Waals surface area contributed by atoms with Crippen LogP contribution in [0.1, 0.15) is 43.7 Å². The quantitative estimate of drug-likeness (QED) is 0.138. The van der Waals surface area contributed by atoms with E-state index in [1.165, 1.54) is 0 Å². The number of hydrogen-bond acceptors (Lipinski definition) is 9. The van der Waals surface area contributed by atoms with Gasteiger partial charge in [0.2, 0.25) is 11.8 Å². The van der Waals surface area contributed by atoms with Crippen molar-refractivity contribution in [2.75, 3.05) is 66.5 Å². The third kappa shape index (κ3) is 12.2. The molecule has 0 saturated heterocycles. The molecule has 258 valence electrons. The summed E-state index contributed by atoms with van der Waals surface area (Å²) in [6.07, 6.45) is -1.05. The number of benzene rings is 2. The van der Waals surface area contributed by atoms with E-state index in [9.17, 15) is 24.3 Å². The predicted molar refractivity (Wildman–Crippen MR) is 173 cm³/mol. The van der Waals surface area contributed by atoms with Crippen LogP contribution in [-0.4, -0.2) is 108 Å². The summed E-state index contributed by atoms with van der Waals surface area (Å²) in [6.45, 7) is 6.70. The van der Waals surface area contributed by atoms with Gasteiger partial charge in [0, 0.05) is 26.0 Å². The van der Waals surface area contributed by atoms with Gasteiger partial charge in [-0.3, -0.25) is 9.59 Å². The van der Waals surface area contributed by atoms with Crippen molar-refractivity contribution in [2.24, 2.45) is 5.92 Å². The van der Waals surface area contributed by atoms with E-state index in [1.807, 2.05) is 48.5 Å². The Kier molecular flexibility index (Phi) is 16.1. The highest BCUT2D eigenvalue weighted by Gasteiger charge is 2.32. The molecule has 0 heterocycles. The molecular weight excluding hydrogens is 610 g/mol. The number of methoxy groups -OCH3 is 1. The number of amides is 3. The van der Waals surface area contributed by atoms with Crippen molar-refractivity contribution in [1.29, 1.82) is 0 Å². The highest BCUT2D eigenvalue weighted by molar-refractivity contribution is 5.90. The first kappa shape index (κ1) is 37.4. The fraction of sp³-hybridized carbons (Fsp3) is 0.529. The van der Waals surface area contributed by atoms with Crippen LogP contribution in [0.15, 0.2) is 48.5 Å². The number of carbonyl (C=O) groups excluding carboxylic acids is 3. The molecule has 0 aliphatic heterocycles. The second kappa shape index (κ2) is 20.3. The number of nitrogens with one attached hydrogen (secondary N) is 3. The van der Waals surface area contributed by atoms with Crippen LogP contribution in [0.25, 0.3) is 11.1 Å². The molecule has 0 aromatic heterocycles. The summed E-state index contributed by atoms with van der Waals surface area (Å²) in [6, 6.07) is 13.5. The van der Waals surface area contributed by atoms with E-state index in [1.54, 1.807) is 21.0 Å². The van der Waals surface area contributed by atoms with Crippen molar-refractivity contribution < 1.29 is 48.0 Å². The van der Waals surface area contributed by atoms with E-state index in [0.29, 0.717) is 39.6 Å². The number of carboxylic acid groups (broad SMARTS) is 1.